The van der Waals surface area contributed by atoms with Crippen molar-refractivity contribution in [2.45, 2.75) is 12.2 Å². The van der Waals surface area contributed by atoms with Crippen LogP contribution in [-0.4, -0.2) is 19.8 Å². The van der Waals surface area contributed by atoms with Crippen molar-refractivity contribution < 1.29 is 0 Å². The van der Waals surface area contributed by atoms with Gasteiger partial charge >= 0.3 is 0 Å². The molecule has 54 valence electrons. The first-order chi connectivity index (χ1) is 4.55. The predicted molar refractivity (Wildman–Crippen MR) is 59.7 cm³/mol. The quantitative estimate of drug-likeness (QED) is 0.476. The molecule has 10 heavy (non-hydrogen) atoms. The fourth-order valence-corrected chi connectivity index (χ4v) is 2.24. The zero-order valence-corrected chi connectivity index (χ0v) is 8.67. The van der Waals surface area contributed by atoms with Crippen LogP contribution >= 0.6 is 49.3 Å². The fourth-order valence-electron chi connectivity index (χ4n) is 0.833. The standard InChI is InChI=1S/C6H6S4/c1-2-3(7)5(9)6(10)4(2)8/h2-3,7H,1H3. The van der Waals surface area contributed by atoms with E-state index in [1.54, 1.807) is 0 Å². The van der Waals surface area contributed by atoms with Gasteiger partial charge in [-0.25, -0.2) is 0 Å². The normalized spacial score (nSPS) is 33.6. The van der Waals surface area contributed by atoms with Crippen molar-refractivity contribution in [2.24, 2.45) is 5.92 Å². The van der Waals surface area contributed by atoms with Crippen LogP contribution in [-0.2, 0) is 0 Å². The van der Waals surface area contributed by atoms with E-state index >= 15 is 0 Å². The summed E-state index contributed by atoms with van der Waals surface area (Å²) in [6, 6.07) is 0. The molecule has 1 saturated carbocycles. The molecule has 0 spiro atoms. The Morgan fingerprint density at radius 2 is 1.70 bits per heavy atom. The van der Waals surface area contributed by atoms with Crippen LogP contribution in [0.5, 0.6) is 0 Å². The van der Waals surface area contributed by atoms with E-state index < -0.39 is 0 Å². The van der Waals surface area contributed by atoms with Gasteiger partial charge in [0.25, 0.3) is 0 Å². The summed E-state index contributed by atoms with van der Waals surface area (Å²) in [6.45, 7) is 2.01. The maximum absolute atomic E-state index is 5.04. The third-order valence-electron chi connectivity index (χ3n) is 1.60. The van der Waals surface area contributed by atoms with E-state index in [2.05, 4.69) is 12.6 Å². The maximum Gasteiger partial charge on any atom is 0.0670 e. The number of thiocarbonyl (C=S) groups is 3. The Morgan fingerprint density at radius 3 is 1.80 bits per heavy atom. The molecule has 2 atom stereocenters. The van der Waals surface area contributed by atoms with Crippen LogP contribution < -0.4 is 0 Å². The lowest BCUT2D eigenvalue weighted by Gasteiger charge is -2.04. The van der Waals surface area contributed by atoms with Gasteiger partial charge in [0.1, 0.15) is 0 Å². The van der Waals surface area contributed by atoms with Gasteiger partial charge in [0.05, 0.1) is 4.86 Å². The van der Waals surface area contributed by atoms with Crippen molar-refractivity contribution in [3.8, 4) is 0 Å². The summed E-state index contributed by atoms with van der Waals surface area (Å²) in [7, 11) is 0. The molecule has 2 unspecified atom stereocenters. The Hall–Kier alpha value is 0.620. The molecule has 0 N–H and O–H groups in total. The van der Waals surface area contributed by atoms with Gasteiger partial charge in [-0.2, -0.15) is 12.6 Å². The molecule has 0 aromatic carbocycles. The molecule has 0 nitrogen and oxygen atoms in total. The van der Waals surface area contributed by atoms with E-state index in [0.29, 0.717) is 4.86 Å². The van der Waals surface area contributed by atoms with Gasteiger partial charge in [0, 0.05) is 20.9 Å². The third-order valence-corrected chi connectivity index (χ3v) is 4.22. The highest BCUT2D eigenvalue weighted by Gasteiger charge is 2.34. The summed E-state index contributed by atoms with van der Waals surface area (Å²) < 4.78 is 0. The fraction of sp³-hybridized carbons (Fsp3) is 0.500. The van der Waals surface area contributed by atoms with E-state index in [0.717, 1.165) is 9.73 Å². The SMILES string of the molecule is CC1C(=S)C(=S)C(=S)C1S. The average molecular weight is 206 g/mol. The van der Waals surface area contributed by atoms with E-state index in [1.807, 2.05) is 6.92 Å². The molecule has 4 heteroatoms. The van der Waals surface area contributed by atoms with E-state index in [-0.39, 0.29) is 11.2 Å². The highest BCUT2D eigenvalue weighted by molar-refractivity contribution is 7.97. The molecular formula is C6H6S4. The molecule has 0 aromatic heterocycles. The van der Waals surface area contributed by atoms with Crippen LogP contribution in [0.15, 0.2) is 0 Å². The minimum Gasteiger partial charge on any atom is -0.169 e. The number of thiol groups is 1. The smallest absolute Gasteiger partial charge is 0.0670 e. The summed E-state index contributed by atoms with van der Waals surface area (Å²) >= 11 is 19.3. The number of rotatable bonds is 0. The van der Waals surface area contributed by atoms with Crippen molar-refractivity contribution in [2.75, 3.05) is 0 Å². The molecule has 0 radical (unpaired) electrons. The second-order valence-electron chi connectivity index (χ2n) is 2.29. The second kappa shape index (κ2) is 2.93. The third kappa shape index (κ3) is 1.18. The lowest BCUT2D eigenvalue weighted by molar-refractivity contribution is 0.881. The molecule has 0 heterocycles. The lowest BCUT2D eigenvalue weighted by Crippen LogP contribution is -2.12. The first-order valence-electron chi connectivity index (χ1n) is 2.86. The first-order valence-corrected chi connectivity index (χ1v) is 4.60. The predicted octanol–water partition coefficient (Wildman–Crippen LogP) is 2.04. The van der Waals surface area contributed by atoms with Crippen LogP contribution in [0.4, 0.5) is 0 Å². The highest BCUT2D eigenvalue weighted by atomic mass is 32.1. The van der Waals surface area contributed by atoms with Crippen LogP contribution in [0.2, 0.25) is 0 Å². The Kier molecular flexibility index (Phi) is 2.55. The lowest BCUT2D eigenvalue weighted by atomic mass is 10.1. The van der Waals surface area contributed by atoms with Gasteiger partial charge in [-0.05, 0) is 0 Å². The second-order valence-corrected chi connectivity index (χ2v) is 4.14. The average Bonchev–Trinajstić information content (AvgIpc) is 2.07. The number of hydrogen-bond acceptors (Lipinski definition) is 4. The van der Waals surface area contributed by atoms with Crippen LogP contribution in [0, 0.1) is 5.92 Å². The van der Waals surface area contributed by atoms with Gasteiger partial charge in [-0.1, -0.05) is 43.6 Å². The summed E-state index contributed by atoms with van der Waals surface area (Å²) in [5, 5.41) is 0.0787. The topological polar surface area (TPSA) is 0 Å². The van der Waals surface area contributed by atoms with Crippen LogP contribution in [0.1, 0.15) is 6.92 Å². The Bertz CT molecular complexity index is 196. The molecule has 0 aliphatic heterocycles. The summed E-state index contributed by atoms with van der Waals surface area (Å²) in [5.74, 6) is 0.248. The minimum absolute atomic E-state index is 0.0787. The minimum atomic E-state index is 0.0787. The molecule has 0 amide bonds. The van der Waals surface area contributed by atoms with E-state index in [4.69, 9.17) is 36.7 Å². The van der Waals surface area contributed by atoms with Crippen LogP contribution in [0.3, 0.4) is 0 Å². The molecule has 1 rings (SSSR count). The molecular weight excluding hydrogens is 200 g/mol. The van der Waals surface area contributed by atoms with Gasteiger partial charge in [0.15, 0.2) is 0 Å². The van der Waals surface area contributed by atoms with E-state index in [9.17, 15) is 0 Å². The van der Waals surface area contributed by atoms with Gasteiger partial charge < -0.3 is 0 Å². The Morgan fingerprint density at radius 1 is 1.20 bits per heavy atom. The maximum atomic E-state index is 5.04. The Balaban J connectivity index is 3.00. The van der Waals surface area contributed by atoms with Crippen molar-refractivity contribution in [1.29, 1.82) is 0 Å². The van der Waals surface area contributed by atoms with E-state index in [1.165, 1.54) is 0 Å². The van der Waals surface area contributed by atoms with Crippen molar-refractivity contribution in [1.82, 2.24) is 0 Å². The van der Waals surface area contributed by atoms with Crippen molar-refractivity contribution in [3.63, 3.8) is 0 Å². The van der Waals surface area contributed by atoms with Crippen molar-refractivity contribution >= 4 is 63.9 Å². The molecule has 1 aliphatic carbocycles. The van der Waals surface area contributed by atoms with Gasteiger partial charge in [-0.15, -0.1) is 0 Å². The summed E-state index contributed by atoms with van der Waals surface area (Å²) in [5.41, 5.74) is 0. The monoisotopic (exact) mass is 206 g/mol. The zero-order chi connectivity index (χ0) is 7.89. The van der Waals surface area contributed by atoms with Gasteiger partial charge in [-0.3, -0.25) is 0 Å². The van der Waals surface area contributed by atoms with Crippen molar-refractivity contribution in [3.05, 3.63) is 0 Å². The summed E-state index contributed by atoms with van der Waals surface area (Å²) in [4.78, 5) is 2.23. The molecule has 0 bridgehead atoms. The first kappa shape index (κ1) is 8.71. The zero-order valence-electron chi connectivity index (χ0n) is 5.33. The van der Waals surface area contributed by atoms with Gasteiger partial charge in [0.2, 0.25) is 0 Å². The highest BCUT2D eigenvalue weighted by Crippen LogP contribution is 2.24. The molecule has 0 saturated heterocycles. The molecule has 0 aromatic rings. The largest absolute Gasteiger partial charge is 0.169 e. The Labute approximate surface area is 81.8 Å². The molecule has 1 fully saturated rings. The number of hydrogen-bond donors (Lipinski definition) is 1. The summed E-state index contributed by atoms with van der Waals surface area (Å²) in [6.07, 6.45) is 0. The molecule has 1 aliphatic rings. The van der Waals surface area contributed by atoms with Crippen LogP contribution in [0.25, 0.3) is 0 Å².